The van der Waals surface area contributed by atoms with Crippen molar-refractivity contribution in [2.75, 3.05) is 11.9 Å². The van der Waals surface area contributed by atoms with Crippen molar-refractivity contribution < 1.29 is 9.18 Å². The number of hydrogen-bond acceptors (Lipinski definition) is 2. The predicted molar refractivity (Wildman–Crippen MR) is 112 cm³/mol. The van der Waals surface area contributed by atoms with Crippen LogP contribution in [0.5, 0.6) is 0 Å². The Morgan fingerprint density at radius 3 is 2.74 bits per heavy atom. The van der Waals surface area contributed by atoms with Crippen molar-refractivity contribution >= 4 is 39.5 Å². The SMILES string of the molecule is Br.CCNC1CCc2[nH]c3ccc(NC(=O)c4ccc(F)cc4)cc3c2C1. The molecule has 1 unspecified atom stereocenters. The maximum absolute atomic E-state index is 13.0. The molecule has 4 nitrogen and oxygen atoms in total. The van der Waals surface area contributed by atoms with Crippen LogP contribution in [0.15, 0.2) is 42.5 Å². The number of halogens is 2. The van der Waals surface area contributed by atoms with Gasteiger partial charge in [-0.3, -0.25) is 4.79 Å². The lowest BCUT2D eigenvalue weighted by atomic mass is 9.91. The fraction of sp³-hybridized carbons (Fsp3) is 0.286. The van der Waals surface area contributed by atoms with Gasteiger partial charge in [-0.15, -0.1) is 17.0 Å². The molecule has 4 rings (SSSR count). The number of carbonyl (C=O) groups is 1. The molecule has 0 saturated heterocycles. The molecule has 142 valence electrons. The minimum Gasteiger partial charge on any atom is -0.358 e. The number of aryl methyl sites for hydroxylation is 1. The number of rotatable bonds is 4. The van der Waals surface area contributed by atoms with Gasteiger partial charge in [0.25, 0.3) is 5.91 Å². The summed E-state index contributed by atoms with van der Waals surface area (Å²) in [7, 11) is 0. The zero-order valence-electron chi connectivity index (χ0n) is 15.1. The van der Waals surface area contributed by atoms with E-state index in [1.54, 1.807) is 0 Å². The molecule has 27 heavy (non-hydrogen) atoms. The molecule has 2 aromatic carbocycles. The van der Waals surface area contributed by atoms with Crippen LogP contribution in [0.2, 0.25) is 0 Å². The Bertz CT molecular complexity index is 952. The van der Waals surface area contributed by atoms with Crippen LogP contribution in [-0.4, -0.2) is 23.5 Å². The number of likely N-dealkylation sites (N-methyl/N-ethyl adjacent to an activating group) is 1. The molecule has 3 N–H and O–H groups in total. The van der Waals surface area contributed by atoms with Gasteiger partial charge >= 0.3 is 0 Å². The number of carbonyl (C=O) groups excluding carboxylic acids is 1. The van der Waals surface area contributed by atoms with Gasteiger partial charge < -0.3 is 15.6 Å². The van der Waals surface area contributed by atoms with Crippen LogP contribution in [0.25, 0.3) is 10.9 Å². The normalized spacial score (nSPS) is 15.9. The van der Waals surface area contributed by atoms with E-state index < -0.39 is 0 Å². The Balaban J connectivity index is 0.00000210. The molecule has 0 spiro atoms. The monoisotopic (exact) mass is 431 g/mol. The second-order valence-corrected chi connectivity index (χ2v) is 6.80. The summed E-state index contributed by atoms with van der Waals surface area (Å²) in [6, 6.07) is 12.0. The molecular weight excluding hydrogens is 409 g/mol. The lowest BCUT2D eigenvalue weighted by Gasteiger charge is -2.23. The Morgan fingerprint density at radius 2 is 2.00 bits per heavy atom. The lowest BCUT2D eigenvalue weighted by Crippen LogP contribution is -2.34. The minimum atomic E-state index is -0.350. The zero-order chi connectivity index (χ0) is 18.1. The van der Waals surface area contributed by atoms with E-state index in [2.05, 4.69) is 22.5 Å². The number of aromatic amines is 1. The molecule has 0 fully saturated rings. The molecule has 0 radical (unpaired) electrons. The highest BCUT2D eigenvalue weighted by molar-refractivity contribution is 8.93. The molecule has 1 atom stereocenters. The number of benzene rings is 2. The maximum Gasteiger partial charge on any atom is 0.255 e. The number of fused-ring (bicyclic) bond motifs is 3. The van der Waals surface area contributed by atoms with Crippen molar-refractivity contribution in [3.63, 3.8) is 0 Å². The van der Waals surface area contributed by atoms with Crippen molar-refractivity contribution in [2.45, 2.75) is 32.2 Å². The van der Waals surface area contributed by atoms with Crippen LogP contribution in [0, 0.1) is 5.82 Å². The van der Waals surface area contributed by atoms with Crippen molar-refractivity contribution in [1.29, 1.82) is 0 Å². The summed E-state index contributed by atoms with van der Waals surface area (Å²) in [5.41, 5.74) is 4.94. The summed E-state index contributed by atoms with van der Waals surface area (Å²) >= 11 is 0. The third kappa shape index (κ3) is 4.06. The molecule has 0 aliphatic heterocycles. The van der Waals surface area contributed by atoms with E-state index in [1.807, 2.05) is 18.2 Å². The summed E-state index contributed by atoms with van der Waals surface area (Å²) in [6.07, 6.45) is 3.18. The quantitative estimate of drug-likeness (QED) is 0.564. The van der Waals surface area contributed by atoms with Crippen molar-refractivity contribution in [1.82, 2.24) is 10.3 Å². The summed E-state index contributed by atoms with van der Waals surface area (Å²) in [4.78, 5) is 15.9. The highest BCUT2D eigenvalue weighted by Gasteiger charge is 2.22. The summed E-state index contributed by atoms with van der Waals surface area (Å²) in [6.45, 7) is 3.11. The number of nitrogens with one attached hydrogen (secondary N) is 3. The second-order valence-electron chi connectivity index (χ2n) is 6.80. The maximum atomic E-state index is 13.0. The standard InChI is InChI=1S/C21H22FN3O.BrH/c1-2-23-15-7-9-19-17(11-15)18-12-16(8-10-20(18)25-19)24-21(26)13-3-5-14(22)6-4-13;/h3-6,8,10,12,15,23,25H,2,7,9,11H2,1H3,(H,24,26);1H. The number of anilines is 1. The van der Waals surface area contributed by atoms with Crippen LogP contribution in [-0.2, 0) is 12.8 Å². The fourth-order valence-electron chi connectivity index (χ4n) is 3.76. The van der Waals surface area contributed by atoms with Crippen LogP contribution in [0.3, 0.4) is 0 Å². The van der Waals surface area contributed by atoms with Gasteiger partial charge in [0.05, 0.1) is 0 Å². The van der Waals surface area contributed by atoms with Crippen molar-refractivity contribution in [3.8, 4) is 0 Å². The van der Waals surface area contributed by atoms with Crippen molar-refractivity contribution in [2.24, 2.45) is 0 Å². The van der Waals surface area contributed by atoms with Gasteiger partial charge in [-0.05, 0) is 73.8 Å². The first-order valence-corrected chi connectivity index (χ1v) is 9.08. The molecule has 6 heteroatoms. The first kappa shape index (κ1) is 19.6. The summed E-state index contributed by atoms with van der Waals surface area (Å²) in [5.74, 6) is -0.587. The Hall–Kier alpha value is -2.18. The van der Waals surface area contributed by atoms with Gasteiger partial charge in [-0.1, -0.05) is 6.92 Å². The first-order chi connectivity index (χ1) is 12.6. The highest BCUT2D eigenvalue weighted by atomic mass is 79.9. The van der Waals surface area contributed by atoms with Crippen LogP contribution in [0.1, 0.15) is 35.0 Å². The summed E-state index contributed by atoms with van der Waals surface area (Å²) in [5, 5.41) is 7.62. The van der Waals surface area contributed by atoms with Crippen LogP contribution in [0.4, 0.5) is 10.1 Å². The molecule has 1 heterocycles. The van der Waals surface area contributed by atoms with E-state index in [9.17, 15) is 9.18 Å². The van der Waals surface area contributed by atoms with Gasteiger partial charge in [-0.25, -0.2) is 4.39 Å². The Labute approximate surface area is 168 Å². The van der Waals surface area contributed by atoms with Crippen LogP contribution >= 0.6 is 17.0 Å². The second kappa shape index (κ2) is 8.23. The molecule has 1 amide bonds. The van der Waals surface area contributed by atoms with E-state index in [4.69, 9.17) is 0 Å². The Kier molecular flexibility index (Phi) is 5.97. The van der Waals surface area contributed by atoms with E-state index in [1.165, 1.54) is 40.9 Å². The van der Waals surface area contributed by atoms with Gasteiger partial charge in [0.15, 0.2) is 0 Å². The van der Waals surface area contributed by atoms with Crippen LogP contribution < -0.4 is 10.6 Å². The molecule has 0 bridgehead atoms. The van der Waals surface area contributed by atoms with Gasteiger partial charge in [0, 0.05) is 33.9 Å². The fourth-order valence-corrected chi connectivity index (χ4v) is 3.76. The Morgan fingerprint density at radius 1 is 1.22 bits per heavy atom. The third-order valence-corrected chi connectivity index (χ3v) is 5.04. The zero-order valence-corrected chi connectivity index (χ0v) is 16.9. The molecule has 1 aliphatic rings. The van der Waals surface area contributed by atoms with Gasteiger partial charge in [0.1, 0.15) is 5.82 Å². The van der Waals surface area contributed by atoms with Gasteiger partial charge in [-0.2, -0.15) is 0 Å². The summed E-state index contributed by atoms with van der Waals surface area (Å²) < 4.78 is 13.0. The number of H-pyrrole nitrogens is 1. The largest absolute Gasteiger partial charge is 0.358 e. The molecule has 1 aromatic heterocycles. The minimum absolute atomic E-state index is 0. The lowest BCUT2D eigenvalue weighted by molar-refractivity contribution is 0.102. The van der Waals surface area contributed by atoms with E-state index in [0.29, 0.717) is 11.6 Å². The number of hydrogen-bond donors (Lipinski definition) is 3. The molecule has 0 saturated carbocycles. The molecule has 3 aromatic rings. The third-order valence-electron chi connectivity index (χ3n) is 5.04. The molecular formula is C21H23BrFN3O. The van der Waals surface area contributed by atoms with E-state index >= 15 is 0 Å². The van der Waals surface area contributed by atoms with Crippen molar-refractivity contribution in [3.05, 3.63) is 65.1 Å². The number of aromatic nitrogens is 1. The average molecular weight is 432 g/mol. The van der Waals surface area contributed by atoms with E-state index in [0.717, 1.165) is 37.0 Å². The predicted octanol–water partition coefficient (Wildman–Crippen LogP) is 4.60. The first-order valence-electron chi connectivity index (χ1n) is 9.08. The highest BCUT2D eigenvalue weighted by Crippen LogP contribution is 2.31. The molecule has 1 aliphatic carbocycles. The topological polar surface area (TPSA) is 56.9 Å². The average Bonchev–Trinajstić information content (AvgIpc) is 3.00. The number of amides is 1. The van der Waals surface area contributed by atoms with E-state index in [-0.39, 0.29) is 28.7 Å². The smallest absolute Gasteiger partial charge is 0.255 e. The van der Waals surface area contributed by atoms with Gasteiger partial charge in [0.2, 0.25) is 0 Å².